The van der Waals surface area contributed by atoms with E-state index >= 15 is 0 Å². The molecule has 10 heteroatoms. The first kappa shape index (κ1) is 40.1. The number of nitrogens with zero attached hydrogens (tertiary/aromatic N) is 5. The minimum atomic E-state index is -0.307. The molecule has 0 saturated carbocycles. The normalized spacial score (nSPS) is 20.1. The molecule has 3 aliphatic heterocycles. The second-order valence-corrected chi connectivity index (χ2v) is 19.1. The summed E-state index contributed by atoms with van der Waals surface area (Å²) in [6, 6.07) is 25.8. The van der Waals surface area contributed by atoms with Crippen LogP contribution in [-0.2, 0) is 10.8 Å². The third kappa shape index (κ3) is 9.35. The summed E-state index contributed by atoms with van der Waals surface area (Å²) in [5.41, 5.74) is 11.1. The standard InChI is InChI=1S/C59H55B2N7O/c1-58(2,3)41-25-33-64-55(37-41)68-51-20-8-7-17-45(51)46-24-23-44(39-54(46)68)69-56-38-43(26-34-65-56)66-40-67(53-22-10-9-21-52(53)66)57-47(49-18-15-31-62-29-13-11-27-60-49)35-42(59(4,5)6)36-48(57)50-19-16-32-63-30-14-12-28-61-50/h7-39,62-63H,40H2,1-6H3/b27-11-,28-12-,29-13-,30-14-,31-15-,32-16-,49-18-,50-19-/i7D,8D,17D,20D. The van der Waals surface area contributed by atoms with Crippen LogP contribution in [0.2, 0.25) is 0 Å². The van der Waals surface area contributed by atoms with Gasteiger partial charge >= 0.3 is 0 Å². The molecule has 3 aromatic heterocycles. The number of rotatable bonds is 7. The molecule has 0 aliphatic carbocycles. The number of para-hydroxylation sites is 3. The molecule has 2 radical (unpaired) electrons. The fourth-order valence-corrected chi connectivity index (χ4v) is 8.84. The molecule has 2 N–H and O–H groups in total. The minimum Gasteiger partial charge on any atom is -0.439 e. The number of anilines is 4. The Kier molecular flexibility index (Phi) is 11.0. The fraction of sp³-hybridized carbons (Fsp3) is 0.153. The van der Waals surface area contributed by atoms with Crippen LogP contribution in [0.3, 0.4) is 0 Å². The summed E-state index contributed by atoms with van der Waals surface area (Å²) >= 11 is 0. The number of hydrogen-bond acceptors (Lipinski definition) is 7. The molecule has 0 amide bonds. The second-order valence-electron chi connectivity index (χ2n) is 19.1. The van der Waals surface area contributed by atoms with Gasteiger partial charge in [-0.25, -0.2) is 9.97 Å². The summed E-state index contributed by atoms with van der Waals surface area (Å²) in [5, 5.41) is 7.55. The number of allylic oxidation sites excluding steroid dienone is 8. The molecule has 6 heterocycles. The van der Waals surface area contributed by atoms with E-state index in [1.165, 1.54) is 5.56 Å². The summed E-state index contributed by atoms with van der Waals surface area (Å²) in [7, 11) is 4.35. The third-order valence-electron chi connectivity index (χ3n) is 12.4. The van der Waals surface area contributed by atoms with E-state index in [1.54, 1.807) is 12.4 Å². The van der Waals surface area contributed by atoms with Crippen molar-refractivity contribution in [3.05, 3.63) is 223 Å². The van der Waals surface area contributed by atoms with Gasteiger partial charge in [0.15, 0.2) is 14.6 Å². The van der Waals surface area contributed by atoms with E-state index in [2.05, 4.69) is 137 Å². The quantitative estimate of drug-likeness (QED) is 0.154. The van der Waals surface area contributed by atoms with Gasteiger partial charge in [-0.2, -0.15) is 0 Å². The van der Waals surface area contributed by atoms with Crippen molar-refractivity contribution in [2.45, 2.75) is 52.4 Å². The van der Waals surface area contributed by atoms with Gasteiger partial charge < -0.3 is 25.2 Å². The van der Waals surface area contributed by atoms with Gasteiger partial charge in [0.1, 0.15) is 18.2 Å². The number of ether oxygens (including phenoxy) is 1. The lowest BCUT2D eigenvalue weighted by Gasteiger charge is -2.31. The Morgan fingerprint density at radius 2 is 1.25 bits per heavy atom. The fourth-order valence-electron chi connectivity index (χ4n) is 8.84. The van der Waals surface area contributed by atoms with Crippen molar-refractivity contribution < 1.29 is 10.2 Å². The molecule has 3 aliphatic rings. The molecule has 0 fully saturated rings. The van der Waals surface area contributed by atoms with E-state index in [-0.39, 0.29) is 35.0 Å². The van der Waals surface area contributed by atoms with E-state index in [9.17, 15) is 0 Å². The largest absolute Gasteiger partial charge is 0.439 e. The van der Waals surface area contributed by atoms with Crippen molar-refractivity contribution >= 4 is 70.1 Å². The third-order valence-corrected chi connectivity index (χ3v) is 12.4. The van der Waals surface area contributed by atoms with Gasteiger partial charge in [-0.3, -0.25) is 4.57 Å². The molecule has 10 rings (SSSR count). The molecule has 0 saturated heterocycles. The van der Waals surface area contributed by atoms with Gasteiger partial charge in [0.25, 0.3) is 0 Å². The molecule has 4 aromatic carbocycles. The molecule has 0 unspecified atom stereocenters. The number of benzene rings is 4. The van der Waals surface area contributed by atoms with E-state index in [0.29, 0.717) is 45.9 Å². The summed E-state index contributed by atoms with van der Waals surface area (Å²) in [6.07, 6.45) is 27.6. The first-order valence-electron chi connectivity index (χ1n) is 25.2. The second kappa shape index (κ2) is 19.0. The summed E-state index contributed by atoms with van der Waals surface area (Å²) in [4.78, 5) is 14.2. The molecule has 69 heavy (non-hydrogen) atoms. The molecule has 0 atom stereocenters. The highest BCUT2D eigenvalue weighted by Gasteiger charge is 2.33. The van der Waals surface area contributed by atoms with Crippen LogP contribution in [-0.4, -0.2) is 35.8 Å². The van der Waals surface area contributed by atoms with Crippen molar-refractivity contribution in [1.29, 1.82) is 0 Å². The van der Waals surface area contributed by atoms with Crippen molar-refractivity contribution in [3.63, 3.8) is 0 Å². The maximum absolute atomic E-state index is 9.09. The Hall–Kier alpha value is -7.97. The van der Waals surface area contributed by atoms with Crippen LogP contribution in [0, 0.1) is 0 Å². The number of pyridine rings is 2. The highest BCUT2D eigenvalue weighted by atomic mass is 16.5. The smallest absolute Gasteiger partial charge is 0.221 e. The van der Waals surface area contributed by atoms with Crippen LogP contribution in [0.25, 0.3) is 38.6 Å². The van der Waals surface area contributed by atoms with Gasteiger partial charge in [-0.05, 0) is 118 Å². The first-order valence-corrected chi connectivity index (χ1v) is 23.2. The van der Waals surface area contributed by atoms with E-state index in [0.717, 1.165) is 50.4 Å². The Bertz CT molecular complexity index is 3500. The molecule has 8 nitrogen and oxygen atoms in total. The van der Waals surface area contributed by atoms with E-state index < -0.39 is 0 Å². The molecular formula is C59H55B2N7O. The molecular weight excluding hydrogens is 844 g/mol. The minimum absolute atomic E-state index is 0.110. The number of fused-ring (bicyclic) bond motifs is 4. The SMILES string of the molecule is [2H]c1c([2H])c([2H])c2c(c1[2H])c1ccc(Oc3cc(N4CN(c5c(/C6=C/C=C\N/C=C\C=C/[B]6)cc(C(C)(C)C)cc5/C5=C/C=C\N/C=C\C=C/[B]5)c5ccccc54)ccn3)cc1n2-c1cc(C(C)(C)C)ccn1. The van der Waals surface area contributed by atoms with Crippen molar-refractivity contribution in [2.75, 3.05) is 16.5 Å². The predicted octanol–water partition coefficient (Wildman–Crippen LogP) is 13.6. The Labute approximate surface area is 413 Å². The average molecular weight is 904 g/mol. The molecule has 0 bridgehead atoms. The van der Waals surface area contributed by atoms with Crippen LogP contribution in [0.15, 0.2) is 201 Å². The van der Waals surface area contributed by atoms with Gasteiger partial charge in [0, 0.05) is 65.8 Å². The van der Waals surface area contributed by atoms with Gasteiger partial charge in [-0.15, -0.1) is 12.0 Å². The monoisotopic (exact) mass is 903 g/mol. The van der Waals surface area contributed by atoms with E-state index in [1.807, 2.05) is 108 Å². The van der Waals surface area contributed by atoms with Crippen molar-refractivity contribution in [3.8, 4) is 17.4 Å². The lowest BCUT2D eigenvalue weighted by atomic mass is 9.62. The number of nitrogens with one attached hydrogen (secondary N) is 2. The zero-order chi connectivity index (χ0) is 51.0. The Balaban J connectivity index is 1.09. The first-order chi connectivity index (χ1) is 35.2. The predicted molar refractivity (Wildman–Crippen MR) is 291 cm³/mol. The summed E-state index contributed by atoms with van der Waals surface area (Å²) in [5.74, 6) is 5.55. The molecule has 7 aromatic rings. The summed E-state index contributed by atoms with van der Waals surface area (Å²) < 4.78 is 43.8. The number of hydrogen-bond donors (Lipinski definition) is 2. The molecule has 338 valence electrons. The lowest BCUT2D eigenvalue weighted by molar-refractivity contribution is 0.463. The summed E-state index contributed by atoms with van der Waals surface area (Å²) in [6.45, 7) is 13.6. The van der Waals surface area contributed by atoms with Gasteiger partial charge in [0.2, 0.25) is 5.88 Å². The van der Waals surface area contributed by atoms with Crippen LogP contribution in [0.4, 0.5) is 22.7 Å². The van der Waals surface area contributed by atoms with Gasteiger partial charge in [0.05, 0.1) is 33.6 Å². The lowest BCUT2D eigenvalue weighted by Crippen LogP contribution is -2.26. The van der Waals surface area contributed by atoms with Crippen LogP contribution >= 0.6 is 0 Å². The zero-order valence-corrected chi connectivity index (χ0v) is 39.7. The molecule has 0 spiro atoms. The van der Waals surface area contributed by atoms with Crippen LogP contribution in [0.5, 0.6) is 11.6 Å². The number of aromatic nitrogens is 3. The topological polar surface area (TPSA) is 70.5 Å². The Morgan fingerprint density at radius 3 is 1.93 bits per heavy atom. The average Bonchev–Trinajstić information content (AvgIpc) is 3.94. The highest BCUT2D eigenvalue weighted by Crippen LogP contribution is 2.49. The van der Waals surface area contributed by atoms with E-state index in [4.69, 9.17) is 20.2 Å². The van der Waals surface area contributed by atoms with Crippen molar-refractivity contribution in [2.24, 2.45) is 0 Å². The zero-order valence-electron chi connectivity index (χ0n) is 43.7. The van der Waals surface area contributed by atoms with Crippen LogP contribution in [0.1, 0.15) is 69.3 Å². The maximum Gasteiger partial charge on any atom is 0.221 e. The van der Waals surface area contributed by atoms with Crippen LogP contribution < -0.4 is 25.2 Å². The Morgan fingerprint density at radius 1 is 0.609 bits per heavy atom. The maximum atomic E-state index is 9.09. The highest BCUT2D eigenvalue weighted by molar-refractivity contribution is 6.67. The van der Waals surface area contributed by atoms with Gasteiger partial charge in [-0.1, -0.05) is 107 Å². The van der Waals surface area contributed by atoms with Crippen molar-refractivity contribution in [1.82, 2.24) is 25.2 Å².